The fraction of sp³-hybridized carbons (Fsp3) is 0.111. The maximum absolute atomic E-state index is 11.5. The lowest BCUT2D eigenvalue weighted by atomic mass is 10.4. The smallest absolute Gasteiger partial charge is 0.247 e. The van der Waals surface area contributed by atoms with Crippen LogP contribution in [0.25, 0.3) is 0 Å². The van der Waals surface area contributed by atoms with Gasteiger partial charge < -0.3 is 5.32 Å². The fourth-order valence-corrected chi connectivity index (χ4v) is 1.45. The molecular formula is C9H8BrN5O. The Morgan fingerprint density at radius 3 is 3.06 bits per heavy atom. The normalized spacial score (nSPS) is 10.1. The number of carbonyl (C=O) groups excluding carboxylic acids is 1. The number of aromatic nitrogens is 4. The van der Waals surface area contributed by atoms with Crippen LogP contribution in [0.5, 0.6) is 0 Å². The first kappa shape index (κ1) is 10.7. The molecule has 7 heteroatoms. The molecule has 0 saturated heterocycles. The third-order valence-corrected chi connectivity index (χ3v) is 2.26. The van der Waals surface area contributed by atoms with Crippen LogP contribution >= 0.6 is 15.9 Å². The monoisotopic (exact) mass is 281 g/mol. The number of hydrogen-bond donors (Lipinski definition) is 1. The number of nitrogens with zero attached hydrogens (tertiary/aromatic N) is 4. The van der Waals surface area contributed by atoms with Crippen molar-refractivity contribution in [1.82, 2.24) is 20.0 Å². The molecule has 2 aromatic rings. The van der Waals surface area contributed by atoms with E-state index in [-0.39, 0.29) is 12.5 Å². The van der Waals surface area contributed by atoms with Gasteiger partial charge in [-0.3, -0.25) is 4.79 Å². The van der Waals surface area contributed by atoms with Gasteiger partial charge in [0.15, 0.2) is 0 Å². The van der Waals surface area contributed by atoms with Crippen LogP contribution in [0.4, 0.5) is 5.82 Å². The molecule has 0 unspecified atom stereocenters. The summed E-state index contributed by atoms with van der Waals surface area (Å²) in [6, 6.07) is 3.51. The van der Waals surface area contributed by atoms with E-state index in [0.717, 1.165) is 4.47 Å². The van der Waals surface area contributed by atoms with Gasteiger partial charge in [0, 0.05) is 16.9 Å². The maximum Gasteiger partial charge on any atom is 0.247 e. The molecule has 0 aromatic carbocycles. The van der Waals surface area contributed by atoms with Gasteiger partial charge in [-0.1, -0.05) is 21.1 Å². The number of amides is 1. The number of hydrogen-bond acceptors (Lipinski definition) is 4. The summed E-state index contributed by atoms with van der Waals surface area (Å²) in [7, 11) is 0. The van der Waals surface area contributed by atoms with Crippen molar-refractivity contribution in [2.45, 2.75) is 6.54 Å². The van der Waals surface area contributed by atoms with E-state index in [9.17, 15) is 4.79 Å². The van der Waals surface area contributed by atoms with E-state index in [1.54, 1.807) is 24.5 Å². The maximum atomic E-state index is 11.5. The second-order valence-electron chi connectivity index (χ2n) is 3.01. The lowest BCUT2D eigenvalue weighted by Crippen LogP contribution is -2.19. The van der Waals surface area contributed by atoms with Crippen molar-refractivity contribution in [2.75, 3.05) is 5.32 Å². The Hall–Kier alpha value is -1.76. The third-order valence-electron chi connectivity index (χ3n) is 1.77. The van der Waals surface area contributed by atoms with Gasteiger partial charge >= 0.3 is 0 Å². The first-order chi connectivity index (χ1) is 7.74. The van der Waals surface area contributed by atoms with Crippen molar-refractivity contribution in [3.63, 3.8) is 0 Å². The zero-order valence-electron chi connectivity index (χ0n) is 8.17. The van der Waals surface area contributed by atoms with Gasteiger partial charge in [-0.15, -0.1) is 5.10 Å². The average molecular weight is 282 g/mol. The highest BCUT2D eigenvalue weighted by molar-refractivity contribution is 9.10. The predicted octanol–water partition coefficient (Wildman–Crippen LogP) is 1.07. The molecular weight excluding hydrogens is 274 g/mol. The molecule has 1 amide bonds. The Morgan fingerprint density at radius 2 is 2.38 bits per heavy atom. The van der Waals surface area contributed by atoms with Crippen molar-refractivity contribution in [1.29, 1.82) is 0 Å². The second-order valence-corrected chi connectivity index (χ2v) is 3.92. The minimum Gasteiger partial charge on any atom is -0.309 e. The molecule has 0 aliphatic carbocycles. The molecule has 0 fully saturated rings. The number of anilines is 1. The highest BCUT2D eigenvalue weighted by Crippen LogP contribution is 2.12. The Kier molecular flexibility index (Phi) is 3.25. The van der Waals surface area contributed by atoms with Crippen LogP contribution in [0, 0.1) is 0 Å². The van der Waals surface area contributed by atoms with E-state index in [1.165, 1.54) is 10.9 Å². The SMILES string of the molecule is O=C(Cn1ccnn1)Nc1cc(Br)ccn1. The summed E-state index contributed by atoms with van der Waals surface area (Å²) >= 11 is 3.29. The number of pyridine rings is 1. The Morgan fingerprint density at radius 1 is 1.50 bits per heavy atom. The summed E-state index contributed by atoms with van der Waals surface area (Å²) in [5.74, 6) is 0.301. The van der Waals surface area contributed by atoms with Gasteiger partial charge in [0.05, 0.1) is 6.20 Å². The van der Waals surface area contributed by atoms with Gasteiger partial charge in [0.25, 0.3) is 0 Å². The minimum atomic E-state index is -0.198. The number of rotatable bonds is 3. The molecule has 0 atom stereocenters. The first-order valence-corrected chi connectivity index (χ1v) is 5.29. The molecule has 0 radical (unpaired) electrons. The van der Waals surface area contributed by atoms with Gasteiger partial charge in [-0.25, -0.2) is 9.67 Å². The molecule has 0 spiro atoms. The largest absolute Gasteiger partial charge is 0.309 e. The summed E-state index contributed by atoms with van der Waals surface area (Å²) < 4.78 is 2.30. The number of carbonyl (C=O) groups is 1. The van der Waals surface area contributed by atoms with Crippen molar-refractivity contribution in [2.24, 2.45) is 0 Å². The van der Waals surface area contributed by atoms with Gasteiger partial charge in [0.2, 0.25) is 5.91 Å². The molecule has 82 valence electrons. The van der Waals surface area contributed by atoms with Gasteiger partial charge in [0.1, 0.15) is 12.4 Å². The standard InChI is InChI=1S/C9H8BrN5O/c10-7-1-2-11-8(5-7)13-9(16)6-15-4-3-12-14-15/h1-5H,6H2,(H,11,13,16). The molecule has 6 nitrogen and oxygen atoms in total. The molecule has 2 heterocycles. The highest BCUT2D eigenvalue weighted by atomic mass is 79.9. The van der Waals surface area contributed by atoms with Crippen LogP contribution < -0.4 is 5.32 Å². The second kappa shape index (κ2) is 4.84. The van der Waals surface area contributed by atoms with Crippen LogP contribution in [0.3, 0.4) is 0 Å². The summed E-state index contributed by atoms with van der Waals surface area (Å²) in [5.41, 5.74) is 0. The van der Waals surface area contributed by atoms with Crippen molar-refractivity contribution in [3.8, 4) is 0 Å². The summed E-state index contributed by atoms with van der Waals surface area (Å²) in [5, 5.41) is 9.95. The van der Waals surface area contributed by atoms with Crippen LogP contribution in [0.1, 0.15) is 0 Å². The molecule has 2 rings (SSSR count). The van der Waals surface area contributed by atoms with Crippen molar-refractivity contribution >= 4 is 27.7 Å². The van der Waals surface area contributed by atoms with E-state index in [2.05, 4.69) is 36.5 Å². The van der Waals surface area contributed by atoms with Crippen LogP contribution in [-0.4, -0.2) is 25.9 Å². The van der Waals surface area contributed by atoms with Crippen LogP contribution in [0.15, 0.2) is 35.2 Å². The van der Waals surface area contributed by atoms with E-state index in [0.29, 0.717) is 5.82 Å². The number of halogens is 1. The topological polar surface area (TPSA) is 72.7 Å². The summed E-state index contributed by atoms with van der Waals surface area (Å²) in [4.78, 5) is 15.5. The molecule has 16 heavy (non-hydrogen) atoms. The summed E-state index contributed by atoms with van der Waals surface area (Å²) in [6.45, 7) is 0.119. The average Bonchev–Trinajstić information content (AvgIpc) is 2.70. The van der Waals surface area contributed by atoms with Gasteiger partial charge in [-0.2, -0.15) is 0 Å². The molecule has 0 saturated carbocycles. The third kappa shape index (κ3) is 2.86. The lowest BCUT2D eigenvalue weighted by molar-refractivity contribution is -0.116. The lowest BCUT2D eigenvalue weighted by Gasteiger charge is -2.03. The first-order valence-electron chi connectivity index (χ1n) is 4.49. The Bertz CT molecular complexity index is 484. The minimum absolute atomic E-state index is 0.119. The van der Waals surface area contributed by atoms with Crippen molar-refractivity contribution < 1.29 is 4.79 Å². The Balaban J connectivity index is 1.97. The highest BCUT2D eigenvalue weighted by Gasteiger charge is 2.04. The van der Waals surface area contributed by atoms with Crippen LogP contribution in [-0.2, 0) is 11.3 Å². The number of nitrogens with one attached hydrogen (secondary N) is 1. The quantitative estimate of drug-likeness (QED) is 0.914. The predicted molar refractivity (Wildman–Crippen MR) is 60.6 cm³/mol. The zero-order chi connectivity index (χ0) is 11.4. The van der Waals surface area contributed by atoms with E-state index < -0.39 is 0 Å². The molecule has 0 aliphatic heterocycles. The van der Waals surface area contributed by atoms with E-state index in [4.69, 9.17) is 0 Å². The van der Waals surface area contributed by atoms with Crippen LogP contribution in [0.2, 0.25) is 0 Å². The Labute approximate surface area is 99.8 Å². The van der Waals surface area contributed by atoms with Gasteiger partial charge in [-0.05, 0) is 12.1 Å². The fourth-order valence-electron chi connectivity index (χ4n) is 1.12. The van der Waals surface area contributed by atoms with E-state index in [1.807, 2.05) is 0 Å². The molecule has 0 bridgehead atoms. The van der Waals surface area contributed by atoms with E-state index >= 15 is 0 Å². The molecule has 0 aliphatic rings. The molecule has 2 aromatic heterocycles. The summed E-state index contributed by atoms with van der Waals surface area (Å²) in [6.07, 6.45) is 4.74. The molecule has 1 N–H and O–H groups in total. The zero-order valence-corrected chi connectivity index (χ0v) is 9.75. The van der Waals surface area contributed by atoms with Crippen molar-refractivity contribution in [3.05, 3.63) is 35.2 Å².